The molecule has 0 saturated heterocycles. The Labute approximate surface area is 140 Å². The second-order valence-corrected chi connectivity index (χ2v) is 6.63. The summed E-state index contributed by atoms with van der Waals surface area (Å²) in [7, 11) is 0. The van der Waals surface area contributed by atoms with Gasteiger partial charge in [0.15, 0.2) is 0 Å². The lowest BCUT2D eigenvalue weighted by atomic mass is 9.90. The van der Waals surface area contributed by atoms with E-state index >= 15 is 0 Å². The van der Waals surface area contributed by atoms with E-state index in [-0.39, 0.29) is 5.56 Å². The maximum atomic E-state index is 12.3. The van der Waals surface area contributed by atoms with Crippen molar-refractivity contribution >= 4 is 22.5 Å². The minimum atomic E-state index is -0.102. The van der Waals surface area contributed by atoms with E-state index in [9.17, 15) is 4.79 Å². The van der Waals surface area contributed by atoms with Gasteiger partial charge in [0.05, 0.1) is 10.9 Å². The molecule has 2 aromatic carbocycles. The van der Waals surface area contributed by atoms with E-state index in [4.69, 9.17) is 11.6 Å². The summed E-state index contributed by atoms with van der Waals surface area (Å²) in [5.74, 6) is 0.957. The molecular weight excluding hydrogens is 308 g/mol. The van der Waals surface area contributed by atoms with Crippen LogP contribution in [-0.4, -0.2) is 9.97 Å². The van der Waals surface area contributed by atoms with Gasteiger partial charge >= 0.3 is 0 Å². The van der Waals surface area contributed by atoms with Crippen LogP contribution < -0.4 is 5.56 Å². The lowest BCUT2D eigenvalue weighted by Gasteiger charge is -2.15. The summed E-state index contributed by atoms with van der Waals surface area (Å²) in [6.45, 7) is 8.08. The number of H-pyrrole nitrogens is 1. The number of rotatable bonds is 2. The van der Waals surface area contributed by atoms with Crippen LogP contribution in [0, 0.1) is 13.8 Å². The number of halogens is 1. The Kier molecular flexibility index (Phi) is 3.99. The van der Waals surface area contributed by atoms with Gasteiger partial charge in [-0.05, 0) is 66.3 Å². The number of aromatic amines is 1. The molecule has 0 spiro atoms. The van der Waals surface area contributed by atoms with Gasteiger partial charge in [-0.1, -0.05) is 31.5 Å². The zero-order chi connectivity index (χ0) is 16.7. The molecule has 3 rings (SSSR count). The number of aryl methyl sites for hydroxylation is 2. The van der Waals surface area contributed by atoms with Crippen LogP contribution in [0.25, 0.3) is 22.0 Å². The van der Waals surface area contributed by atoms with Crippen molar-refractivity contribution in [1.29, 1.82) is 0 Å². The van der Waals surface area contributed by atoms with Gasteiger partial charge < -0.3 is 4.98 Å². The Morgan fingerprint density at radius 3 is 2.52 bits per heavy atom. The van der Waals surface area contributed by atoms with Crippen LogP contribution in [0.15, 0.2) is 35.1 Å². The van der Waals surface area contributed by atoms with Crippen molar-refractivity contribution in [3.63, 3.8) is 0 Å². The third kappa shape index (κ3) is 2.89. The normalized spacial score (nSPS) is 11.4. The van der Waals surface area contributed by atoms with Gasteiger partial charge in [-0.2, -0.15) is 0 Å². The van der Waals surface area contributed by atoms with Crippen molar-refractivity contribution in [2.45, 2.75) is 33.6 Å². The number of aromatic nitrogens is 2. The van der Waals surface area contributed by atoms with E-state index in [1.54, 1.807) is 6.92 Å². The van der Waals surface area contributed by atoms with Gasteiger partial charge in [0, 0.05) is 5.02 Å². The highest BCUT2D eigenvalue weighted by molar-refractivity contribution is 6.31. The SMILES string of the molecule is Cc1nc2cc(C(C)C)c(-c3ccc(Cl)c(C)c3)cc2c(=O)[nH]1. The van der Waals surface area contributed by atoms with Gasteiger partial charge in [0.1, 0.15) is 5.82 Å². The number of fused-ring (bicyclic) bond motifs is 1. The van der Waals surface area contributed by atoms with Crippen molar-refractivity contribution in [2.24, 2.45) is 0 Å². The van der Waals surface area contributed by atoms with Crippen LogP contribution in [0.5, 0.6) is 0 Å². The fraction of sp³-hybridized carbons (Fsp3) is 0.263. The quantitative estimate of drug-likeness (QED) is 0.721. The Hall–Kier alpha value is -2.13. The molecule has 0 unspecified atom stereocenters. The van der Waals surface area contributed by atoms with Crippen molar-refractivity contribution in [1.82, 2.24) is 9.97 Å². The van der Waals surface area contributed by atoms with Crippen LogP contribution in [0.1, 0.15) is 36.7 Å². The van der Waals surface area contributed by atoms with E-state index in [0.29, 0.717) is 17.1 Å². The molecule has 3 nitrogen and oxygen atoms in total. The van der Waals surface area contributed by atoms with Crippen molar-refractivity contribution in [3.8, 4) is 11.1 Å². The molecule has 118 valence electrons. The predicted octanol–water partition coefficient (Wildman–Crippen LogP) is 4.98. The Bertz CT molecular complexity index is 957. The van der Waals surface area contributed by atoms with E-state index in [1.807, 2.05) is 31.2 Å². The second kappa shape index (κ2) is 5.82. The second-order valence-electron chi connectivity index (χ2n) is 6.23. The van der Waals surface area contributed by atoms with Crippen LogP contribution in [0.2, 0.25) is 5.02 Å². The first-order valence-electron chi connectivity index (χ1n) is 7.68. The zero-order valence-corrected chi connectivity index (χ0v) is 14.5. The Balaban J connectivity index is 2.36. The van der Waals surface area contributed by atoms with Crippen molar-refractivity contribution < 1.29 is 0 Å². The number of benzene rings is 2. The molecular formula is C19H19ClN2O. The molecule has 0 atom stereocenters. The van der Waals surface area contributed by atoms with Gasteiger partial charge in [-0.15, -0.1) is 0 Å². The molecule has 0 radical (unpaired) electrons. The molecule has 23 heavy (non-hydrogen) atoms. The van der Waals surface area contributed by atoms with Gasteiger partial charge in [0.2, 0.25) is 0 Å². The third-order valence-corrected chi connectivity index (χ3v) is 4.51. The predicted molar refractivity (Wildman–Crippen MR) is 96.4 cm³/mol. The lowest BCUT2D eigenvalue weighted by molar-refractivity contribution is 0.869. The van der Waals surface area contributed by atoms with E-state index in [1.165, 1.54) is 5.56 Å². The average Bonchev–Trinajstić information content (AvgIpc) is 2.48. The Morgan fingerprint density at radius 2 is 1.87 bits per heavy atom. The maximum Gasteiger partial charge on any atom is 0.258 e. The number of hydrogen-bond acceptors (Lipinski definition) is 2. The molecule has 3 aromatic rings. The van der Waals surface area contributed by atoms with Crippen LogP contribution in [-0.2, 0) is 0 Å². The average molecular weight is 327 g/mol. The first kappa shape index (κ1) is 15.8. The maximum absolute atomic E-state index is 12.3. The summed E-state index contributed by atoms with van der Waals surface area (Å²) in [5, 5.41) is 1.36. The summed E-state index contributed by atoms with van der Waals surface area (Å²) in [6.07, 6.45) is 0. The standard InChI is InChI=1S/C19H19ClN2O/c1-10(2)14-9-18-16(19(23)22-12(4)21-18)8-15(14)13-5-6-17(20)11(3)7-13/h5-10H,1-4H3,(H,21,22,23). The Morgan fingerprint density at radius 1 is 1.13 bits per heavy atom. The fourth-order valence-electron chi connectivity index (χ4n) is 2.86. The van der Waals surface area contributed by atoms with Crippen molar-refractivity contribution in [3.05, 3.63) is 62.7 Å². The minimum Gasteiger partial charge on any atom is -0.310 e. The van der Waals surface area contributed by atoms with E-state index in [2.05, 4.69) is 29.9 Å². The molecule has 1 N–H and O–H groups in total. The highest BCUT2D eigenvalue weighted by atomic mass is 35.5. The first-order valence-corrected chi connectivity index (χ1v) is 8.05. The minimum absolute atomic E-state index is 0.102. The largest absolute Gasteiger partial charge is 0.310 e. The zero-order valence-electron chi connectivity index (χ0n) is 13.7. The fourth-order valence-corrected chi connectivity index (χ4v) is 2.98. The van der Waals surface area contributed by atoms with Gasteiger partial charge in [-0.3, -0.25) is 4.79 Å². The monoisotopic (exact) mass is 326 g/mol. The summed E-state index contributed by atoms with van der Waals surface area (Å²) in [6, 6.07) is 9.93. The lowest BCUT2D eigenvalue weighted by Crippen LogP contribution is -2.10. The summed E-state index contributed by atoms with van der Waals surface area (Å²) >= 11 is 6.14. The van der Waals surface area contributed by atoms with Gasteiger partial charge in [0.25, 0.3) is 5.56 Å². The summed E-state index contributed by atoms with van der Waals surface area (Å²) < 4.78 is 0. The number of nitrogens with one attached hydrogen (secondary N) is 1. The molecule has 0 fully saturated rings. The number of nitrogens with zero attached hydrogens (tertiary/aromatic N) is 1. The molecule has 0 saturated carbocycles. The van der Waals surface area contributed by atoms with Crippen LogP contribution in [0.4, 0.5) is 0 Å². The van der Waals surface area contributed by atoms with Crippen LogP contribution >= 0.6 is 11.6 Å². The molecule has 4 heteroatoms. The highest BCUT2D eigenvalue weighted by Crippen LogP contribution is 2.33. The molecule has 0 bridgehead atoms. The van der Waals surface area contributed by atoms with E-state index in [0.717, 1.165) is 27.2 Å². The van der Waals surface area contributed by atoms with Crippen LogP contribution in [0.3, 0.4) is 0 Å². The molecule has 0 aliphatic rings. The first-order chi connectivity index (χ1) is 10.9. The topological polar surface area (TPSA) is 45.8 Å². The summed E-state index contributed by atoms with van der Waals surface area (Å²) in [4.78, 5) is 19.5. The molecule has 0 aliphatic heterocycles. The third-order valence-electron chi connectivity index (χ3n) is 4.09. The van der Waals surface area contributed by atoms with Crippen molar-refractivity contribution in [2.75, 3.05) is 0 Å². The molecule has 0 aliphatic carbocycles. The smallest absolute Gasteiger partial charge is 0.258 e. The highest BCUT2D eigenvalue weighted by Gasteiger charge is 2.14. The van der Waals surface area contributed by atoms with E-state index < -0.39 is 0 Å². The molecule has 0 amide bonds. The summed E-state index contributed by atoms with van der Waals surface area (Å²) in [5.41, 5.74) is 4.96. The number of hydrogen-bond donors (Lipinski definition) is 1. The molecule has 1 aromatic heterocycles. The van der Waals surface area contributed by atoms with Gasteiger partial charge in [-0.25, -0.2) is 4.98 Å². The molecule has 1 heterocycles.